The third-order valence-electron chi connectivity index (χ3n) is 2.68. The Bertz CT molecular complexity index is 464. The van der Waals surface area contributed by atoms with Gasteiger partial charge < -0.3 is 20.5 Å². The minimum atomic E-state index is -0.444. The van der Waals surface area contributed by atoms with Crippen molar-refractivity contribution in [3.63, 3.8) is 0 Å². The van der Waals surface area contributed by atoms with Crippen molar-refractivity contribution in [1.29, 1.82) is 0 Å². The molecule has 3 N–H and O–H groups in total. The van der Waals surface area contributed by atoms with Gasteiger partial charge in [0.05, 0.1) is 14.2 Å². The average Bonchev–Trinajstić information content (AvgIpc) is 2.34. The molecular formula is C14H22N2O3. The summed E-state index contributed by atoms with van der Waals surface area (Å²) in [5.74, 6) is 0.970. The maximum absolute atomic E-state index is 12.1. The Balaban J connectivity index is 2.97. The van der Waals surface area contributed by atoms with Crippen molar-refractivity contribution >= 4 is 5.91 Å². The van der Waals surface area contributed by atoms with Gasteiger partial charge in [-0.3, -0.25) is 4.79 Å². The molecule has 106 valence electrons. The minimum Gasteiger partial charge on any atom is -0.493 e. The molecule has 1 aromatic carbocycles. The monoisotopic (exact) mass is 266 g/mol. The Labute approximate surface area is 114 Å². The second kappa shape index (κ2) is 5.93. The zero-order chi connectivity index (χ0) is 14.6. The second-order valence-electron chi connectivity index (χ2n) is 5.19. The number of methoxy groups -OCH3 is 2. The summed E-state index contributed by atoms with van der Waals surface area (Å²) in [6.07, 6.45) is 0. The van der Waals surface area contributed by atoms with E-state index in [1.807, 2.05) is 20.8 Å². The zero-order valence-electron chi connectivity index (χ0n) is 12.2. The Hall–Kier alpha value is -1.75. The predicted octanol–water partition coefficient (Wildman–Crippen LogP) is 1.48. The highest BCUT2D eigenvalue weighted by atomic mass is 16.5. The van der Waals surface area contributed by atoms with Crippen molar-refractivity contribution in [2.45, 2.75) is 26.3 Å². The molecule has 0 aliphatic carbocycles. The molecule has 0 fully saturated rings. The van der Waals surface area contributed by atoms with Crippen LogP contribution in [0.2, 0.25) is 0 Å². The minimum absolute atomic E-state index is 0.169. The number of benzene rings is 1. The maximum Gasteiger partial charge on any atom is 0.251 e. The van der Waals surface area contributed by atoms with Crippen LogP contribution < -0.4 is 20.5 Å². The lowest BCUT2D eigenvalue weighted by molar-refractivity contribution is 0.0945. The molecule has 0 aliphatic rings. The van der Waals surface area contributed by atoms with E-state index >= 15 is 0 Å². The van der Waals surface area contributed by atoms with Gasteiger partial charge >= 0.3 is 0 Å². The van der Waals surface area contributed by atoms with Crippen molar-refractivity contribution in [3.8, 4) is 11.5 Å². The number of rotatable bonds is 5. The van der Waals surface area contributed by atoms with Crippen molar-refractivity contribution in [2.24, 2.45) is 5.73 Å². The van der Waals surface area contributed by atoms with Crippen LogP contribution in [0.1, 0.15) is 29.8 Å². The normalized spacial score (nSPS) is 11.1. The van der Waals surface area contributed by atoms with E-state index in [9.17, 15) is 4.79 Å². The largest absolute Gasteiger partial charge is 0.493 e. The van der Waals surface area contributed by atoms with E-state index in [0.29, 0.717) is 23.6 Å². The summed E-state index contributed by atoms with van der Waals surface area (Å²) in [5, 5.41) is 2.81. The van der Waals surface area contributed by atoms with Crippen LogP contribution in [0.25, 0.3) is 0 Å². The molecule has 0 radical (unpaired) electrons. The van der Waals surface area contributed by atoms with Crippen LogP contribution in [0.3, 0.4) is 0 Å². The van der Waals surface area contributed by atoms with Crippen molar-refractivity contribution in [1.82, 2.24) is 5.32 Å². The fraction of sp³-hybridized carbons (Fsp3) is 0.500. The molecule has 0 saturated carbocycles. The summed E-state index contributed by atoms with van der Waals surface area (Å²) in [4.78, 5) is 12.1. The van der Waals surface area contributed by atoms with Crippen LogP contribution in [0, 0.1) is 6.92 Å². The number of amides is 1. The molecule has 5 nitrogen and oxygen atoms in total. The first-order chi connectivity index (χ1) is 8.78. The van der Waals surface area contributed by atoms with Crippen LogP contribution in [-0.4, -0.2) is 32.2 Å². The Morgan fingerprint density at radius 3 is 2.26 bits per heavy atom. The number of ether oxygens (including phenoxy) is 2. The van der Waals surface area contributed by atoms with Gasteiger partial charge in [0.2, 0.25) is 0 Å². The molecule has 0 spiro atoms. The van der Waals surface area contributed by atoms with Gasteiger partial charge in [0.25, 0.3) is 5.91 Å². The molecule has 0 bridgehead atoms. The Morgan fingerprint density at radius 1 is 1.26 bits per heavy atom. The number of hydrogen-bond acceptors (Lipinski definition) is 4. The quantitative estimate of drug-likeness (QED) is 0.846. The first-order valence-electron chi connectivity index (χ1n) is 6.08. The molecule has 1 amide bonds. The molecule has 1 aromatic rings. The van der Waals surface area contributed by atoms with Gasteiger partial charge in [0.15, 0.2) is 11.5 Å². The number of nitrogens with one attached hydrogen (secondary N) is 1. The summed E-state index contributed by atoms with van der Waals surface area (Å²) in [7, 11) is 3.10. The van der Waals surface area contributed by atoms with Gasteiger partial charge in [0, 0.05) is 17.6 Å². The van der Waals surface area contributed by atoms with Gasteiger partial charge in [-0.05, 0) is 38.5 Å². The highest BCUT2D eigenvalue weighted by Crippen LogP contribution is 2.30. The molecule has 0 aromatic heterocycles. The van der Waals surface area contributed by atoms with Gasteiger partial charge in [-0.15, -0.1) is 0 Å². The summed E-state index contributed by atoms with van der Waals surface area (Å²) >= 11 is 0. The van der Waals surface area contributed by atoms with Gasteiger partial charge in [0.1, 0.15) is 0 Å². The van der Waals surface area contributed by atoms with E-state index in [-0.39, 0.29) is 5.91 Å². The maximum atomic E-state index is 12.1. The van der Waals surface area contributed by atoms with E-state index in [4.69, 9.17) is 15.2 Å². The van der Waals surface area contributed by atoms with Gasteiger partial charge in [-0.2, -0.15) is 0 Å². The van der Waals surface area contributed by atoms with E-state index in [0.717, 1.165) is 5.56 Å². The van der Waals surface area contributed by atoms with Crippen LogP contribution in [0.15, 0.2) is 12.1 Å². The number of carbonyl (C=O) groups excluding carboxylic acids is 1. The Morgan fingerprint density at radius 2 is 1.79 bits per heavy atom. The second-order valence-corrected chi connectivity index (χ2v) is 5.19. The molecule has 0 unspecified atom stereocenters. The van der Waals surface area contributed by atoms with E-state index in [1.165, 1.54) is 7.11 Å². The topological polar surface area (TPSA) is 73.6 Å². The van der Waals surface area contributed by atoms with Crippen molar-refractivity contribution < 1.29 is 14.3 Å². The number of aryl methyl sites for hydroxylation is 1. The van der Waals surface area contributed by atoms with Gasteiger partial charge in [-0.25, -0.2) is 0 Å². The molecule has 0 aliphatic heterocycles. The SMILES string of the molecule is COc1cc(C)c(C(=O)NCC(C)(C)N)cc1OC. The molecule has 19 heavy (non-hydrogen) atoms. The fourth-order valence-electron chi connectivity index (χ4n) is 1.63. The van der Waals surface area contributed by atoms with Crippen LogP contribution in [0.4, 0.5) is 0 Å². The van der Waals surface area contributed by atoms with Gasteiger partial charge in [-0.1, -0.05) is 0 Å². The molecule has 0 saturated heterocycles. The van der Waals surface area contributed by atoms with E-state index < -0.39 is 5.54 Å². The van der Waals surface area contributed by atoms with Crippen LogP contribution >= 0.6 is 0 Å². The average molecular weight is 266 g/mol. The third-order valence-corrected chi connectivity index (χ3v) is 2.68. The van der Waals surface area contributed by atoms with Crippen LogP contribution in [-0.2, 0) is 0 Å². The van der Waals surface area contributed by atoms with Crippen molar-refractivity contribution in [2.75, 3.05) is 20.8 Å². The zero-order valence-corrected chi connectivity index (χ0v) is 12.2. The lowest BCUT2D eigenvalue weighted by Gasteiger charge is -2.19. The first-order valence-corrected chi connectivity index (χ1v) is 6.08. The Kier molecular flexibility index (Phi) is 4.78. The molecular weight excluding hydrogens is 244 g/mol. The number of nitrogens with two attached hydrogens (primary N) is 1. The molecule has 1 rings (SSSR count). The van der Waals surface area contributed by atoms with Crippen LogP contribution in [0.5, 0.6) is 11.5 Å². The van der Waals surface area contributed by atoms with Crippen molar-refractivity contribution in [3.05, 3.63) is 23.3 Å². The molecule has 5 heteroatoms. The molecule has 0 atom stereocenters. The van der Waals surface area contributed by atoms with E-state index in [1.54, 1.807) is 19.2 Å². The first kappa shape index (κ1) is 15.3. The molecule has 0 heterocycles. The summed E-state index contributed by atoms with van der Waals surface area (Å²) in [5.41, 5.74) is 6.78. The highest BCUT2D eigenvalue weighted by Gasteiger charge is 2.17. The third kappa shape index (κ3) is 4.13. The van der Waals surface area contributed by atoms with E-state index in [2.05, 4.69) is 5.32 Å². The summed E-state index contributed by atoms with van der Waals surface area (Å²) < 4.78 is 10.4. The predicted molar refractivity (Wildman–Crippen MR) is 74.9 cm³/mol. The smallest absolute Gasteiger partial charge is 0.251 e. The highest BCUT2D eigenvalue weighted by molar-refractivity contribution is 5.96. The lowest BCUT2D eigenvalue weighted by Crippen LogP contribution is -2.45. The number of carbonyl (C=O) groups is 1. The number of hydrogen-bond donors (Lipinski definition) is 2. The summed E-state index contributed by atoms with van der Waals surface area (Å²) in [6, 6.07) is 3.45. The lowest BCUT2D eigenvalue weighted by atomic mass is 10.0. The summed E-state index contributed by atoms with van der Waals surface area (Å²) in [6.45, 7) is 5.97. The fourth-order valence-corrected chi connectivity index (χ4v) is 1.63. The standard InChI is InChI=1S/C14H22N2O3/c1-9-6-11(18-4)12(19-5)7-10(9)13(17)16-8-14(2,3)15/h6-7H,8,15H2,1-5H3,(H,16,17).